The average molecular weight is 300 g/mol. The van der Waals surface area contributed by atoms with Gasteiger partial charge in [0.05, 0.1) is 17.3 Å². The van der Waals surface area contributed by atoms with Crippen molar-refractivity contribution in [3.05, 3.63) is 16.9 Å². The smallest absolute Gasteiger partial charge is 0.273 e. The highest BCUT2D eigenvalue weighted by atomic mass is 35.5. The maximum atomic E-state index is 12.6. The summed E-state index contributed by atoms with van der Waals surface area (Å²) in [4.78, 5) is 14.4. The highest BCUT2D eigenvalue weighted by Gasteiger charge is 2.28. The molecular weight excluding hydrogens is 278 g/mol. The maximum Gasteiger partial charge on any atom is 0.273 e. The number of hydrogen-bond acceptors (Lipinski definition) is 3. The normalized spacial score (nSPS) is 19.4. The zero-order chi connectivity index (χ0) is 14.5. The molecule has 1 atom stereocenters. The van der Waals surface area contributed by atoms with Gasteiger partial charge in [-0.05, 0) is 26.2 Å². The summed E-state index contributed by atoms with van der Waals surface area (Å²) < 4.78 is 7.42. The van der Waals surface area contributed by atoms with E-state index in [1.54, 1.807) is 4.68 Å². The second kappa shape index (κ2) is 7.09. The number of nitrogens with zero attached hydrogens (tertiary/aromatic N) is 3. The molecule has 0 saturated carbocycles. The van der Waals surface area contributed by atoms with Crippen LogP contribution in [0.2, 0.25) is 5.02 Å². The molecule has 1 fully saturated rings. The second-order valence-corrected chi connectivity index (χ2v) is 5.45. The SMILES string of the molecule is CCCO[C@@H]1CCCN(C(=O)c2c(Cl)cnn2CC)C1. The van der Waals surface area contributed by atoms with Gasteiger partial charge < -0.3 is 9.64 Å². The molecule has 1 saturated heterocycles. The van der Waals surface area contributed by atoms with Crippen LogP contribution >= 0.6 is 11.6 Å². The Balaban J connectivity index is 2.06. The van der Waals surface area contributed by atoms with E-state index in [1.165, 1.54) is 6.20 Å². The Morgan fingerprint density at radius 1 is 1.55 bits per heavy atom. The monoisotopic (exact) mass is 299 g/mol. The summed E-state index contributed by atoms with van der Waals surface area (Å²) in [6.07, 6.45) is 4.67. The molecule has 0 unspecified atom stereocenters. The molecular formula is C14H22ClN3O2. The van der Waals surface area contributed by atoms with E-state index < -0.39 is 0 Å². The minimum absolute atomic E-state index is 0.0425. The van der Waals surface area contributed by atoms with Gasteiger partial charge in [0.25, 0.3) is 5.91 Å². The number of ether oxygens (including phenoxy) is 1. The molecule has 1 amide bonds. The number of amides is 1. The van der Waals surface area contributed by atoms with Crippen LogP contribution < -0.4 is 0 Å². The molecule has 1 aromatic rings. The van der Waals surface area contributed by atoms with Crippen LogP contribution in [0.4, 0.5) is 0 Å². The van der Waals surface area contributed by atoms with Crippen molar-refractivity contribution < 1.29 is 9.53 Å². The summed E-state index contributed by atoms with van der Waals surface area (Å²) >= 11 is 6.10. The van der Waals surface area contributed by atoms with Gasteiger partial charge in [-0.15, -0.1) is 0 Å². The van der Waals surface area contributed by atoms with E-state index >= 15 is 0 Å². The standard InChI is InChI=1S/C14H22ClN3O2/c1-3-8-20-11-6-5-7-17(10-11)14(19)13-12(15)9-16-18(13)4-2/h9,11H,3-8,10H2,1-2H3/t11-/m1/s1. The Morgan fingerprint density at radius 2 is 2.35 bits per heavy atom. The number of carbonyl (C=O) groups excluding carboxylic acids is 1. The first-order chi connectivity index (χ1) is 9.67. The molecule has 6 heteroatoms. The van der Waals surface area contributed by atoms with Gasteiger partial charge in [0.1, 0.15) is 5.69 Å². The fourth-order valence-electron chi connectivity index (χ4n) is 2.51. The zero-order valence-electron chi connectivity index (χ0n) is 12.1. The van der Waals surface area contributed by atoms with Gasteiger partial charge in [-0.2, -0.15) is 5.10 Å². The number of piperidine rings is 1. The summed E-state index contributed by atoms with van der Waals surface area (Å²) in [5.74, 6) is -0.0425. The molecule has 112 valence electrons. The number of rotatable bonds is 5. The first kappa shape index (κ1) is 15.3. The highest BCUT2D eigenvalue weighted by molar-refractivity contribution is 6.33. The van der Waals surface area contributed by atoms with Gasteiger partial charge in [0, 0.05) is 26.2 Å². The Morgan fingerprint density at radius 3 is 3.05 bits per heavy atom. The summed E-state index contributed by atoms with van der Waals surface area (Å²) in [5.41, 5.74) is 0.491. The topological polar surface area (TPSA) is 47.4 Å². The van der Waals surface area contributed by atoms with E-state index in [4.69, 9.17) is 16.3 Å². The van der Waals surface area contributed by atoms with E-state index in [1.807, 2.05) is 11.8 Å². The maximum absolute atomic E-state index is 12.6. The van der Waals surface area contributed by atoms with Gasteiger partial charge in [-0.25, -0.2) is 0 Å². The largest absolute Gasteiger partial charge is 0.376 e. The van der Waals surface area contributed by atoms with Crippen LogP contribution in [0.25, 0.3) is 0 Å². The molecule has 1 aliphatic rings. The van der Waals surface area contributed by atoms with Crippen molar-refractivity contribution in [2.75, 3.05) is 19.7 Å². The van der Waals surface area contributed by atoms with Crippen LogP contribution in [-0.2, 0) is 11.3 Å². The predicted octanol–water partition coefficient (Wildman–Crippen LogP) is 2.59. The fourth-order valence-corrected chi connectivity index (χ4v) is 2.73. The lowest BCUT2D eigenvalue weighted by molar-refractivity contribution is 0.00173. The van der Waals surface area contributed by atoms with Crippen molar-refractivity contribution in [2.24, 2.45) is 0 Å². The second-order valence-electron chi connectivity index (χ2n) is 5.04. The van der Waals surface area contributed by atoms with Crippen molar-refractivity contribution in [3.8, 4) is 0 Å². The number of carbonyl (C=O) groups is 1. The minimum atomic E-state index is -0.0425. The predicted molar refractivity (Wildman–Crippen MR) is 78.1 cm³/mol. The van der Waals surface area contributed by atoms with E-state index in [9.17, 15) is 4.79 Å². The number of aromatic nitrogens is 2. The molecule has 0 aromatic carbocycles. The summed E-state index contributed by atoms with van der Waals surface area (Å²) in [7, 11) is 0. The molecule has 5 nitrogen and oxygen atoms in total. The summed E-state index contributed by atoms with van der Waals surface area (Å²) in [5, 5.41) is 4.55. The third-order valence-corrected chi connectivity index (χ3v) is 3.80. The number of likely N-dealkylation sites (tertiary alicyclic amines) is 1. The van der Waals surface area contributed by atoms with Crippen LogP contribution in [0.3, 0.4) is 0 Å². The molecule has 1 aliphatic heterocycles. The van der Waals surface area contributed by atoms with Crippen molar-refractivity contribution in [1.82, 2.24) is 14.7 Å². The van der Waals surface area contributed by atoms with Crippen LogP contribution in [0, 0.1) is 0 Å². The first-order valence-electron chi connectivity index (χ1n) is 7.29. The zero-order valence-corrected chi connectivity index (χ0v) is 12.9. The van der Waals surface area contributed by atoms with Crippen molar-refractivity contribution in [3.63, 3.8) is 0 Å². The molecule has 2 heterocycles. The van der Waals surface area contributed by atoms with Crippen molar-refractivity contribution in [2.45, 2.75) is 45.8 Å². The molecule has 20 heavy (non-hydrogen) atoms. The van der Waals surface area contributed by atoms with Gasteiger partial charge >= 0.3 is 0 Å². The number of halogens is 1. The molecule has 0 bridgehead atoms. The summed E-state index contributed by atoms with van der Waals surface area (Å²) in [6, 6.07) is 0. The summed E-state index contributed by atoms with van der Waals surface area (Å²) in [6.45, 7) is 6.83. The molecule has 2 rings (SSSR count). The van der Waals surface area contributed by atoms with Crippen molar-refractivity contribution in [1.29, 1.82) is 0 Å². The number of hydrogen-bond donors (Lipinski definition) is 0. The quantitative estimate of drug-likeness (QED) is 0.839. The third kappa shape index (κ3) is 3.33. The number of aryl methyl sites for hydroxylation is 1. The molecule has 0 radical (unpaired) electrons. The minimum Gasteiger partial charge on any atom is -0.376 e. The Hall–Kier alpha value is -1.07. The molecule has 0 aliphatic carbocycles. The van der Waals surface area contributed by atoms with Gasteiger partial charge in [0.2, 0.25) is 0 Å². The lowest BCUT2D eigenvalue weighted by Crippen LogP contribution is -2.44. The Labute approximate surface area is 124 Å². The Kier molecular flexibility index (Phi) is 5.43. The van der Waals surface area contributed by atoms with E-state index in [-0.39, 0.29) is 12.0 Å². The van der Waals surface area contributed by atoms with Crippen LogP contribution in [0.15, 0.2) is 6.20 Å². The van der Waals surface area contributed by atoms with Gasteiger partial charge in [-0.3, -0.25) is 9.48 Å². The van der Waals surface area contributed by atoms with E-state index in [0.29, 0.717) is 23.8 Å². The first-order valence-corrected chi connectivity index (χ1v) is 7.67. The van der Waals surface area contributed by atoms with Crippen LogP contribution in [0.1, 0.15) is 43.6 Å². The fraction of sp³-hybridized carbons (Fsp3) is 0.714. The third-order valence-electron chi connectivity index (χ3n) is 3.52. The lowest BCUT2D eigenvalue weighted by Gasteiger charge is -2.32. The Bertz CT molecular complexity index is 461. The van der Waals surface area contributed by atoms with E-state index in [2.05, 4.69) is 12.0 Å². The van der Waals surface area contributed by atoms with Crippen molar-refractivity contribution >= 4 is 17.5 Å². The van der Waals surface area contributed by atoms with Gasteiger partial charge in [0.15, 0.2) is 0 Å². The highest BCUT2D eigenvalue weighted by Crippen LogP contribution is 2.21. The van der Waals surface area contributed by atoms with Crippen LogP contribution in [0.5, 0.6) is 0 Å². The van der Waals surface area contributed by atoms with Gasteiger partial charge in [-0.1, -0.05) is 18.5 Å². The van der Waals surface area contributed by atoms with Crippen LogP contribution in [-0.4, -0.2) is 46.4 Å². The molecule has 0 spiro atoms. The molecule has 0 N–H and O–H groups in total. The lowest BCUT2D eigenvalue weighted by atomic mass is 10.1. The van der Waals surface area contributed by atoms with E-state index in [0.717, 1.165) is 32.4 Å². The average Bonchev–Trinajstić information content (AvgIpc) is 2.85. The molecule has 1 aromatic heterocycles.